The van der Waals surface area contributed by atoms with E-state index < -0.39 is 5.41 Å². The van der Waals surface area contributed by atoms with Crippen molar-refractivity contribution >= 4 is 11.9 Å². The Kier molecular flexibility index (Phi) is 4.54. The van der Waals surface area contributed by atoms with Crippen LogP contribution in [0, 0.1) is 5.41 Å². The van der Waals surface area contributed by atoms with Gasteiger partial charge in [0, 0.05) is 12.0 Å². The van der Waals surface area contributed by atoms with E-state index in [2.05, 4.69) is 0 Å². The Morgan fingerprint density at radius 1 is 1.35 bits per heavy atom. The van der Waals surface area contributed by atoms with E-state index in [1.54, 1.807) is 4.90 Å². The molecule has 1 atom stereocenters. The average Bonchev–Trinajstić information content (AvgIpc) is 2.36. The third-order valence-corrected chi connectivity index (χ3v) is 3.70. The molecule has 0 unspecified atom stereocenters. The van der Waals surface area contributed by atoms with Crippen molar-refractivity contribution in [1.29, 1.82) is 0 Å². The third-order valence-electron chi connectivity index (χ3n) is 3.70. The van der Waals surface area contributed by atoms with Crippen molar-refractivity contribution in [3.8, 4) is 0 Å². The SMILES string of the molecule is CCC(C)(C)C(=O)N1CCCC[C@@H]1C(=O)OC. The zero-order chi connectivity index (χ0) is 13.1. The first kappa shape index (κ1) is 14.0. The standard InChI is InChI=1S/C13H23NO3/c1-5-13(2,3)12(16)14-9-7-6-8-10(14)11(15)17-4/h10H,5-9H2,1-4H3/t10-/m1/s1. The number of carbonyl (C=O) groups excluding carboxylic acids is 2. The molecule has 0 saturated carbocycles. The summed E-state index contributed by atoms with van der Waals surface area (Å²) in [5.74, 6) is -0.222. The normalized spacial score (nSPS) is 21.2. The number of likely N-dealkylation sites (tertiary alicyclic amines) is 1. The van der Waals surface area contributed by atoms with Crippen LogP contribution in [0.1, 0.15) is 46.5 Å². The predicted octanol–water partition coefficient (Wildman–Crippen LogP) is 1.98. The highest BCUT2D eigenvalue weighted by atomic mass is 16.5. The topological polar surface area (TPSA) is 46.6 Å². The number of methoxy groups -OCH3 is 1. The molecule has 1 amide bonds. The maximum Gasteiger partial charge on any atom is 0.328 e. The second-order valence-electron chi connectivity index (χ2n) is 5.27. The van der Waals surface area contributed by atoms with Gasteiger partial charge in [-0.25, -0.2) is 4.79 Å². The fourth-order valence-electron chi connectivity index (χ4n) is 2.10. The largest absolute Gasteiger partial charge is 0.467 e. The minimum Gasteiger partial charge on any atom is -0.467 e. The molecule has 1 rings (SSSR count). The molecule has 0 aromatic heterocycles. The summed E-state index contributed by atoms with van der Waals surface area (Å²) >= 11 is 0. The molecule has 0 radical (unpaired) electrons. The first-order valence-electron chi connectivity index (χ1n) is 6.33. The molecule has 0 spiro atoms. The summed E-state index contributed by atoms with van der Waals surface area (Å²) < 4.78 is 4.78. The lowest BCUT2D eigenvalue weighted by atomic mass is 9.86. The van der Waals surface area contributed by atoms with Crippen molar-refractivity contribution in [3.05, 3.63) is 0 Å². The highest BCUT2D eigenvalue weighted by Gasteiger charge is 2.38. The van der Waals surface area contributed by atoms with E-state index in [-0.39, 0.29) is 17.9 Å². The van der Waals surface area contributed by atoms with Crippen LogP contribution >= 0.6 is 0 Å². The second-order valence-corrected chi connectivity index (χ2v) is 5.27. The average molecular weight is 241 g/mol. The van der Waals surface area contributed by atoms with E-state index in [4.69, 9.17) is 4.74 Å². The van der Waals surface area contributed by atoms with Gasteiger partial charge in [-0.1, -0.05) is 20.8 Å². The molecule has 1 aliphatic rings. The Morgan fingerprint density at radius 3 is 2.53 bits per heavy atom. The van der Waals surface area contributed by atoms with E-state index in [0.29, 0.717) is 6.54 Å². The molecule has 4 heteroatoms. The van der Waals surface area contributed by atoms with Gasteiger partial charge in [-0.05, 0) is 25.7 Å². The summed E-state index contributed by atoms with van der Waals surface area (Å²) in [6.45, 7) is 6.52. The fraction of sp³-hybridized carbons (Fsp3) is 0.846. The van der Waals surface area contributed by atoms with E-state index >= 15 is 0 Å². The molecular weight excluding hydrogens is 218 g/mol. The van der Waals surface area contributed by atoms with Gasteiger partial charge in [-0.15, -0.1) is 0 Å². The highest BCUT2D eigenvalue weighted by molar-refractivity contribution is 5.87. The summed E-state index contributed by atoms with van der Waals surface area (Å²) in [5.41, 5.74) is -0.399. The van der Waals surface area contributed by atoms with Crippen LogP contribution in [0.3, 0.4) is 0 Å². The summed E-state index contributed by atoms with van der Waals surface area (Å²) in [6.07, 6.45) is 3.45. The molecule has 0 aliphatic carbocycles. The van der Waals surface area contributed by atoms with Crippen LogP contribution in [0.15, 0.2) is 0 Å². The molecule has 17 heavy (non-hydrogen) atoms. The third kappa shape index (κ3) is 2.99. The molecule has 0 N–H and O–H groups in total. The van der Waals surface area contributed by atoms with Crippen LogP contribution in [0.2, 0.25) is 0 Å². The lowest BCUT2D eigenvalue weighted by Crippen LogP contribution is -2.52. The van der Waals surface area contributed by atoms with Gasteiger partial charge >= 0.3 is 5.97 Å². The number of esters is 1. The Bertz CT molecular complexity index is 299. The number of ether oxygens (including phenoxy) is 1. The number of nitrogens with zero attached hydrogens (tertiary/aromatic N) is 1. The Balaban J connectivity index is 2.85. The number of rotatable bonds is 3. The zero-order valence-corrected chi connectivity index (χ0v) is 11.3. The molecule has 1 heterocycles. The van der Waals surface area contributed by atoms with Crippen LogP contribution in [0.5, 0.6) is 0 Å². The van der Waals surface area contributed by atoms with Crippen molar-refractivity contribution in [1.82, 2.24) is 4.90 Å². The number of hydrogen-bond donors (Lipinski definition) is 0. The fourth-order valence-corrected chi connectivity index (χ4v) is 2.10. The molecule has 98 valence electrons. The van der Waals surface area contributed by atoms with Gasteiger partial charge < -0.3 is 9.64 Å². The molecule has 1 aliphatic heterocycles. The monoisotopic (exact) mass is 241 g/mol. The van der Waals surface area contributed by atoms with Crippen molar-refractivity contribution in [2.75, 3.05) is 13.7 Å². The summed E-state index contributed by atoms with van der Waals surface area (Å²) in [7, 11) is 1.38. The van der Waals surface area contributed by atoms with E-state index in [1.165, 1.54) is 7.11 Å². The van der Waals surface area contributed by atoms with Gasteiger partial charge in [-0.3, -0.25) is 4.79 Å². The molecule has 0 bridgehead atoms. The predicted molar refractivity (Wildman–Crippen MR) is 65.4 cm³/mol. The molecule has 0 aromatic carbocycles. The van der Waals surface area contributed by atoms with Gasteiger partial charge in [0.25, 0.3) is 0 Å². The molecule has 1 fully saturated rings. The van der Waals surface area contributed by atoms with Crippen LogP contribution < -0.4 is 0 Å². The second kappa shape index (κ2) is 5.52. The number of piperidine rings is 1. The van der Waals surface area contributed by atoms with Gasteiger partial charge in [0.2, 0.25) is 5.91 Å². The van der Waals surface area contributed by atoms with Gasteiger partial charge in [-0.2, -0.15) is 0 Å². The van der Waals surface area contributed by atoms with Crippen molar-refractivity contribution in [2.24, 2.45) is 5.41 Å². The van der Waals surface area contributed by atoms with E-state index in [0.717, 1.165) is 25.7 Å². The van der Waals surface area contributed by atoms with Gasteiger partial charge in [0.05, 0.1) is 7.11 Å². The summed E-state index contributed by atoms with van der Waals surface area (Å²) in [4.78, 5) is 25.8. The number of hydrogen-bond acceptors (Lipinski definition) is 3. The summed E-state index contributed by atoms with van der Waals surface area (Å²) in [6, 6.07) is -0.382. The van der Waals surface area contributed by atoms with Crippen LogP contribution in [0.25, 0.3) is 0 Å². The number of amides is 1. The smallest absolute Gasteiger partial charge is 0.328 e. The Hall–Kier alpha value is -1.06. The molecule has 4 nitrogen and oxygen atoms in total. The maximum atomic E-state index is 12.4. The van der Waals surface area contributed by atoms with Gasteiger partial charge in [0.15, 0.2) is 0 Å². The van der Waals surface area contributed by atoms with Crippen LogP contribution in [0.4, 0.5) is 0 Å². The van der Waals surface area contributed by atoms with Crippen LogP contribution in [-0.4, -0.2) is 36.5 Å². The first-order chi connectivity index (χ1) is 7.94. The van der Waals surface area contributed by atoms with Gasteiger partial charge in [0.1, 0.15) is 6.04 Å². The summed E-state index contributed by atoms with van der Waals surface area (Å²) in [5, 5.41) is 0. The molecule has 1 saturated heterocycles. The highest BCUT2D eigenvalue weighted by Crippen LogP contribution is 2.28. The minimum absolute atomic E-state index is 0.0649. The first-order valence-corrected chi connectivity index (χ1v) is 6.33. The number of carbonyl (C=O) groups is 2. The molecule has 0 aromatic rings. The van der Waals surface area contributed by atoms with E-state index in [1.807, 2.05) is 20.8 Å². The maximum absolute atomic E-state index is 12.4. The minimum atomic E-state index is -0.399. The zero-order valence-electron chi connectivity index (χ0n) is 11.3. The van der Waals surface area contributed by atoms with E-state index in [9.17, 15) is 9.59 Å². The Labute approximate surface area is 103 Å². The van der Waals surface area contributed by atoms with Crippen molar-refractivity contribution in [2.45, 2.75) is 52.5 Å². The quantitative estimate of drug-likeness (QED) is 0.710. The van der Waals surface area contributed by atoms with Crippen LogP contribution in [-0.2, 0) is 14.3 Å². The Morgan fingerprint density at radius 2 is 2.00 bits per heavy atom. The van der Waals surface area contributed by atoms with Crippen molar-refractivity contribution < 1.29 is 14.3 Å². The lowest BCUT2D eigenvalue weighted by molar-refractivity contribution is -0.158. The lowest BCUT2D eigenvalue weighted by Gasteiger charge is -2.38. The molecular formula is C13H23NO3. The van der Waals surface area contributed by atoms with Crippen molar-refractivity contribution in [3.63, 3.8) is 0 Å².